The summed E-state index contributed by atoms with van der Waals surface area (Å²) in [6.45, 7) is 1.82. The van der Waals surface area contributed by atoms with Crippen molar-refractivity contribution < 1.29 is 13.2 Å². The zero-order chi connectivity index (χ0) is 12.5. The van der Waals surface area contributed by atoms with Crippen LogP contribution in [0.25, 0.3) is 23.1 Å². The van der Waals surface area contributed by atoms with Crippen LogP contribution in [0.3, 0.4) is 0 Å². The molecular weight excluding hydrogens is 235 g/mol. The number of halogens is 1. The monoisotopic (exact) mass is 244 g/mol. The van der Waals surface area contributed by atoms with Crippen molar-refractivity contribution in [3.63, 3.8) is 0 Å². The summed E-state index contributed by atoms with van der Waals surface area (Å²) >= 11 is 0. The molecule has 1 aromatic carbocycles. The Bertz CT molecular complexity index is 688. The van der Waals surface area contributed by atoms with E-state index < -0.39 is 5.82 Å². The minimum absolute atomic E-state index is 0.136. The zero-order valence-electron chi connectivity index (χ0n) is 9.55. The molecule has 0 fully saturated rings. The predicted molar refractivity (Wildman–Crippen MR) is 62.1 cm³/mol. The molecule has 0 amide bonds. The van der Waals surface area contributed by atoms with E-state index in [0.717, 1.165) is 5.76 Å². The molecule has 0 radical (unpaired) electrons. The molecule has 2 aromatic heterocycles. The number of hydrogen-bond acceptors (Lipinski definition) is 4. The van der Waals surface area contributed by atoms with Crippen molar-refractivity contribution in [1.29, 1.82) is 0 Å². The highest BCUT2D eigenvalue weighted by molar-refractivity contribution is 5.55. The third-order valence-electron chi connectivity index (χ3n) is 2.48. The average Bonchev–Trinajstić information content (AvgIpc) is 2.98. The first-order chi connectivity index (χ1) is 8.74. The number of aryl methyl sites for hydroxylation is 1. The van der Waals surface area contributed by atoms with E-state index in [4.69, 9.17) is 8.83 Å². The van der Waals surface area contributed by atoms with E-state index in [0.29, 0.717) is 5.76 Å². The summed E-state index contributed by atoms with van der Waals surface area (Å²) in [6, 6.07) is 9.76. The minimum atomic E-state index is -0.400. The fraction of sp³-hybridized carbons (Fsp3) is 0.0769. The van der Waals surface area contributed by atoms with Gasteiger partial charge in [-0.05, 0) is 31.2 Å². The first-order valence-electron chi connectivity index (χ1n) is 5.39. The van der Waals surface area contributed by atoms with Crippen LogP contribution >= 0.6 is 0 Å². The SMILES string of the molecule is Cc1ccc(-c2nnc(-c3ccccc3F)o2)o1. The molecule has 3 aromatic rings. The Morgan fingerprint density at radius 2 is 1.72 bits per heavy atom. The summed E-state index contributed by atoms with van der Waals surface area (Å²) in [5.74, 6) is 1.19. The lowest BCUT2D eigenvalue weighted by molar-refractivity contribution is 0.504. The summed E-state index contributed by atoms with van der Waals surface area (Å²) < 4.78 is 24.3. The van der Waals surface area contributed by atoms with Gasteiger partial charge in [-0.3, -0.25) is 0 Å². The lowest BCUT2D eigenvalue weighted by Crippen LogP contribution is -1.82. The maximum absolute atomic E-state index is 13.5. The molecule has 4 nitrogen and oxygen atoms in total. The first kappa shape index (κ1) is 10.7. The van der Waals surface area contributed by atoms with E-state index in [9.17, 15) is 4.39 Å². The quantitative estimate of drug-likeness (QED) is 0.692. The average molecular weight is 244 g/mol. The van der Waals surface area contributed by atoms with Gasteiger partial charge in [-0.25, -0.2) is 4.39 Å². The van der Waals surface area contributed by atoms with Crippen molar-refractivity contribution >= 4 is 0 Å². The number of furan rings is 1. The molecule has 0 N–H and O–H groups in total. The van der Waals surface area contributed by atoms with E-state index in [-0.39, 0.29) is 17.3 Å². The van der Waals surface area contributed by atoms with Gasteiger partial charge in [-0.2, -0.15) is 0 Å². The fourth-order valence-corrected chi connectivity index (χ4v) is 1.62. The molecule has 18 heavy (non-hydrogen) atoms. The van der Waals surface area contributed by atoms with Crippen molar-refractivity contribution in [3.8, 4) is 23.1 Å². The number of rotatable bonds is 2. The molecule has 2 heterocycles. The van der Waals surface area contributed by atoms with Gasteiger partial charge in [0.05, 0.1) is 5.56 Å². The molecule has 0 saturated carbocycles. The number of benzene rings is 1. The van der Waals surface area contributed by atoms with Crippen LogP contribution in [0.5, 0.6) is 0 Å². The third-order valence-corrected chi connectivity index (χ3v) is 2.48. The van der Waals surface area contributed by atoms with Gasteiger partial charge in [0.15, 0.2) is 5.76 Å². The Morgan fingerprint density at radius 3 is 2.44 bits per heavy atom. The van der Waals surface area contributed by atoms with Gasteiger partial charge in [-0.15, -0.1) is 10.2 Å². The molecule has 5 heteroatoms. The maximum atomic E-state index is 13.5. The molecule has 90 valence electrons. The highest BCUT2D eigenvalue weighted by Crippen LogP contribution is 2.26. The molecule has 0 atom stereocenters. The van der Waals surface area contributed by atoms with E-state index in [1.54, 1.807) is 30.3 Å². The number of aromatic nitrogens is 2. The Hall–Kier alpha value is -2.43. The van der Waals surface area contributed by atoms with Crippen LogP contribution in [0.2, 0.25) is 0 Å². The normalized spacial score (nSPS) is 10.8. The molecule has 0 bridgehead atoms. The predicted octanol–water partition coefficient (Wildman–Crippen LogP) is 3.44. The van der Waals surface area contributed by atoms with Crippen LogP contribution in [0.4, 0.5) is 4.39 Å². The molecular formula is C13H9FN2O2. The molecule has 0 aliphatic heterocycles. The van der Waals surface area contributed by atoms with E-state index in [1.165, 1.54) is 6.07 Å². The van der Waals surface area contributed by atoms with Crippen molar-refractivity contribution in [2.75, 3.05) is 0 Å². The number of hydrogen-bond donors (Lipinski definition) is 0. The van der Waals surface area contributed by atoms with E-state index in [1.807, 2.05) is 6.92 Å². The van der Waals surface area contributed by atoms with Crippen LogP contribution in [0, 0.1) is 12.7 Å². The zero-order valence-corrected chi connectivity index (χ0v) is 9.55. The van der Waals surface area contributed by atoms with Gasteiger partial charge < -0.3 is 8.83 Å². The van der Waals surface area contributed by atoms with Gasteiger partial charge in [0.1, 0.15) is 11.6 Å². The Kier molecular flexibility index (Phi) is 2.44. The van der Waals surface area contributed by atoms with Crippen molar-refractivity contribution in [2.45, 2.75) is 6.92 Å². The first-order valence-corrected chi connectivity index (χ1v) is 5.39. The van der Waals surface area contributed by atoms with Crippen LogP contribution in [-0.2, 0) is 0 Å². The van der Waals surface area contributed by atoms with E-state index >= 15 is 0 Å². The second kappa shape index (κ2) is 4.10. The van der Waals surface area contributed by atoms with Crippen LogP contribution in [0.1, 0.15) is 5.76 Å². The molecule has 3 rings (SSSR count). The summed E-state index contributed by atoms with van der Waals surface area (Å²) in [7, 11) is 0. The Morgan fingerprint density at radius 1 is 0.944 bits per heavy atom. The second-order valence-electron chi connectivity index (χ2n) is 3.80. The molecule has 0 aliphatic rings. The second-order valence-corrected chi connectivity index (χ2v) is 3.80. The molecule has 0 aliphatic carbocycles. The Balaban J connectivity index is 2.02. The minimum Gasteiger partial charge on any atom is -0.456 e. The standard InChI is InChI=1S/C13H9FN2O2/c1-8-6-7-11(17-8)13-16-15-12(18-13)9-4-2-3-5-10(9)14/h2-7H,1H3. The third kappa shape index (κ3) is 1.79. The lowest BCUT2D eigenvalue weighted by atomic mass is 10.2. The lowest BCUT2D eigenvalue weighted by Gasteiger charge is -1.95. The topological polar surface area (TPSA) is 52.1 Å². The smallest absolute Gasteiger partial charge is 0.283 e. The summed E-state index contributed by atoms with van der Waals surface area (Å²) in [6.07, 6.45) is 0. The highest BCUT2D eigenvalue weighted by atomic mass is 19.1. The Labute approximate surface area is 102 Å². The van der Waals surface area contributed by atoms with Crippen LogP contribution in [-0.4, -0.2) is 10.2 Å². The van der Waals surface area contributed by atoms with E-state index in [2.05, 4.69) is 10.2 Å². The highest BCUT2D eigenvalue weighted by Gasteiger charge is 2.15. The van der Waals surface area contributed by atoms with Crippen LogP contribution in [0.15, 0.2) is 45.2 Å². The van der Waals surface area contributed by atoms with Crippen molar-refractivity contribution in [2.24, 2.45) is 0 Å². The summed E-state index contributed by atoms with van der Waals surface area (Å²) in [5, 5.41) is 7.66. The van der Waals surface area contributed by atoms with Gasteiger partial charge in [0.2, 0.25) is 0 Å². The van der Waals surface area contributed by atoms with Crippen LogP contribution < -0.4 is 0 Å². The van der Waals surface area contributed by atoms with Gasteiger partial charge >= 0.3 is 0 Å². The number of nitrogens with zero attached hydrogens (tertiary/aromatic N) is 2. The van der Waals surface area contributed by atoms with Crippen molar-refractivity contribution in [1.82, 2.24) is 10.2 Å². The maximum Gasteiger partial charge on any atom is 0.283 e. The van der Waals surface area contributed by atoms with Gasteiger partial charge in [0.25, 0.3) is 11.8 Å². The molecule has 0 saturated heterocycles. The fourth-order valence-electron chi connectivity index (χ4n) is 1.62. The molecule has 0 spiro atoms. The summed E-state index contributed by atoms with van der Waals surface area (Å²) in [5.41, 5.74) is 0.277. The summed E-state index contributed by atoms with van der Waals surface area (Å²) in [4.78, 5) is 0. The van der Waals surface area contributed by atoms with Crippen molar-refractivity contribution in [3.05, 3.63) is 48.0 Å². The largest absolute Gasteiger partial charge is 0.456 e. The molecule has 0 unspecified atom stereocenters. The van der Waals surface area contributed by atoms with Gasteiger partial charge in [-0.1, -0.05) is 12.1 Å². The van der Waals surface area contributed by atoms with Gasteiger partial charge in [0, 0.05) is 0 Å².